The Morgan fingerprint density at radius 3 is 2.42 bits per heavy atom. The van der Waals surface area contributed by atoms with Gasteiger partial charge in [-0.1, -0.05) is 11.6 Å². The molecule has 0 heterocycles. The average molecular weight is 285 g/mol. The molecule has 0 aliphatic rings. The number of carboxylic acids is 1. The SMILES string of the molecule is CCN(c1cc(Cl)ccc1C(N)=O)C(C)(C)C(=O)O. The topological polar surface area (TPSA) is 83.6 Å². The lowest BCUT2D eigenvalue weighted by Gasteiger charge is -2.37. The van der Waals surface area contributed by atoms with Crippen LogP contribution in [0.15, 0.2) is 18.2 Å². The van der Waals surface area contributed by atoms with Crippen molar-refractivity contribution < 1.29 is 14.7 Å². The third-order valence-electron chi connectivity index (χ3n) is 3.03. The van der Waals surface area contributed by atoms with Crippen molar-refractivity contribution >= 4 is 29.2 Å². The summed E-state index contributed by atoms with van der Waals surface area (Å²) < 4.78 is 0. The van der Waals surface area contributed by atoms with E-state index in [0.717, 1.165) is 0 Å². The third-order valence-corrected chi connectivity index (χ3v) is 3.27. The lowest BCUT2D eigenvalue weighted by molar-refractivity contribution is -0.142. The van der Waals surface area contributed by atoms with Gasteiger partial charge in [0.1, 0.15) is 5.54 Å². The molecule has 0 bridgehead atoms. The van der Waals surface area contributed by atoms with Crippen LogP contribution in [0.2, 0.25) is 5.02 Å². The maximum atomic E-state index is 11.5. The number of likely N-dealkylation sites (N-methyl/N-ethyl adjacent to an activating group) is 1. The zero-order valence-electron chi connectivity index (χ0n) is 11.1. The number of carbonyl (C=O) groups excluding carboxylic acids is 1. The number of amides is 1. The average Bonchev–Trinajstić information content (AvgIpc) is 2.28. The number of halogens is 1. The van der Waals surface area contributed by atoms with Gasteiger partial charge in [-0.25, -0.2) is 4.79 Å². The highest BCUT2D eigenvalue weighted by molar-refractivity contribution is 6.31. The second-order valence-corrected chi connectivity index (χ2v) is 5.07. The molecule has 1 amide bonds. The molecule has 0 fully saturated rings. The molecule has 0 saturated heterocycles. The fraction of sp³-hybridized carbons (Fsp3) is 0.385. The summed E-state index contributed by atoms with van der Waals surface area (Å²) in [5.74, 6) is -1.61. The van der Waals surface area contributed by atoms with Gasteiger partial charge in [-0.3, -0.25) is 4.79 Å². The highest BCUT2D eigenvalue weighted by Gasteiger charge is 2.35. The molecule has 0 unspecified atom stereocenters. The second-order valence-electron chi connectivity index (χ2n) is 4.63. The van der Waals surface area contributed by atoms with E-state index in [4.69, 9.17) is 17.3 Å². The summed E-state index contributed by atoms with van der Waals surface area (Å²) in [6.07, 6.45) is 0. The zero-order chi connectivity index (χ0) is 14.8. The number of benzene rings is 1. The highest BCUT2D eigenvalue weighted by Crippen LogP contribution is 2.30. The molecule has 1 aromatic carbocycles. The Balaban J connectivity index is 3.44. The minimum absolute atomic E-state index is 0.251. The standard InChI is InChI=1S/C13H17ClN2O3/c1-4-16(13(2,3)12(18)19)10-7-8(14)5-6-9(10)11(15)17/h5-7H,4H2,1-3H3,(H2,15,17)(H,18,19). The van der Waals surface area contributed by atoms with Crippen molar-refractivity contribution in [2.24, 2.45) is 5.73 Å². The minimum atomic E-state index is -1.18. The Morgan fingerprint density at radius 2 is 2.00 bits per heavy atom. The Labute approximate surface area is 117 Å². The van der Waals surface area contributed by atoms with Crippen LogP contribution in [0, 0.1) is 0 Å². The summed E-state index contributed by atoms with van der Waals surface area (Å²) in [4.78, 5) is 24.4. The van der Waals surface area contributed by atoms with E-state index < -0.39 is 17.4 Å². The summed E-state index contributed by atoms with van der Waals surface area (Å²) in [5, 5.41) is 9.73. The number of rotatable bonds is 5. The molecule has 0 radical (unpaired) electrons. The van der Waals surface area contributed by atoms with Gasteiger partial charge in [-0.2, -0.15) is 0 Å². The van der Waals surface area contributed by atoms with E-state index in [9.17, 15) is 14.7 Å². The van der Waals surface area contributed by atoms with E-state index in [1.165, 1.54) is 6.07 Å². The lowest BCUT2D eigenvalue weighted by Crippen LogP contribution is -2.51. The highest BCUT2D eigenvalue weighted by atomic mass is 35.5. The van der Waals surface area contributed by atoms with Crippen LogP contribution in [-0.4, -0.2) is 29.1 Å². The normalized spacial score (nSPS) is 11.2. The number of primary amides is 1. The molecule has 0 aliphatic carbocycles. The molecule has 104 valence electrons. The molecule has 19 heavy (non-hydrogen) atoms. The van der Waals surface area contributed by atoms with Crippen molar-refractivity contribution in [2.45, 2.75) is 26.3 Å². The van der Waals surface area contributed by atoms with Gasteiger partial charge in [0.05, 0.1) is 11.3 Å². The Hall–Kier alpha value is -1.75. The van der Waals surface area contributed by atoms with Crippen LogP contribution in [0.25, 0.3) is 0 Å². The Bertz CT molecular complexity index is 515. The van der Waals surface area contributed by atoms with Crippen LogP contribution >= 0.6 is 11.6 Å². The number of nitrogens with two attached hydrogens (primary N) is 1. The van der Waals surface area contributed by atoms with Crippen molar-refractivity contribution in [3.63, 3.8) is 0 Å². The van der Waals surface area contributed by atoms with Crippen LogP contribution in [0.5, 0.6) is 0 Å². The van der Waals surface area contributed by atoms with E-state index in [0.29, 0.717) is 17.3 Å². The zero-order valence-corrected chi connectivity index (χ0v) is 11.9. The summed E-state index contributed by atoms with van der Waals surface area (Å²) >= 11 is 5.93. The van der Waals surface area contributed by atoms with E-state index in [2.05, 4.69) is 0 Å². The molecular weight excluding hydrogens is 268 g/mol. The molecule has 0 aliphatic heterocycles. The van der Waals surface area contributed by atoms with Crippen LogP contribution in [0.1, 0.15) is 31.1 Å². The number of nitrogens with zero attached hydrogens (tertiary/aromatic N) is 1. The number of hydrogen-bond acceptors (Lipinski definition) is 3. The van der Waals surface area contributed by atoms with E-state index in [1.54, 1.807) is 37.8 Å². The fourth-order valence-electron chi connectivity index (χ4n) is 1.92. The van der Waals surface area contributed by atoms with Crippen molar-refractivity contribution in [3.8, 4) is 0 Å². The number of aliphatic carboxylic acids is 1. The van der Waals surface area contributed by atoms with Crippen LogP contribution in [0.3, 0.4) is 0 Å². The lowest BCUT2D eigenvalue weighted by atomic mass is 10.00. The quantitative estimate of drug-likeness (QED) is 0.867. The molecule has 0 atom stereocenters. The molecule has 6 heteroatoms. The first-order valence-electron chi connectivity index (χ1n) is 5.82. The Morgan fingerprint density at radius 1 is 1.42 bits per heavy atom. The van der Waals surface area contributed by atoms with Gasteiger partial charge < -0.3 is 15.7 Å². The van der Waals surface area contributed by atoms with Crippen molar-refractivity contribution in [1.29, 1.82) is 0 Å². The number of hydrogen-bond donors (Lipinski definition) is 2. The predicted molar refractivity (Wildman–Crippen MR) is 74.7 cm³/mol. The molecule has 1 aromatic rings. The summed E-state index contributed by atoms with van der Waals surface area (Å²) in [5.41, 5.74) is 4.82. The number of carbonyl (C=O) groups is 2. The minimum Gasteiger partial charge on any atom is -0.480 e. The predicted octanol–water partition coefficient (Wildman–Crippen LogP) is 2.13. The molecule has 3 N–H and O–H groups in total. The van der Waals surface area contributed by atoms with Gasteiger partial charge in [0.2, 0.25) is 0 Å². The first-order chi connectivity index (χ1) is 8.71. The molecule has 0 saturated carbocycles. The summed E-state index contributed by atoms with van der Waals surface area (Å²) in [6.45, 7) is 5.32. The molecular formula is C13H17ClN2O3. The monoisotopic (exact) mass is 284 g/mol. The summed E-state index contributed by atoms with van der Waals surface area (Å²) in [7, 11) is 0. The summed E-state index contributed by atoms with van der Waals surface area (Å²) in [6, 6.07) is 4.60. The maximum absolute atomic E-state index is 11.5. The first-order valence-corrected chi connectivity index (χ1v) is 6.20. The largest absolute Gasteiger partial charge is 0.480 e. The first kappa shape index (κ1) is 15.3. The van der Waals surface area contributed by atoms with Crippen molar-refractivity contribution in [3.05, 3.63) is 28.8 Å². The van der Waals surface area contributed by atoms with Crippen LogP contribution in [-0.2, 0) is 4.79 Å². The van der Waals surface area contributed by atoms with Crippen molar-refractivity contribution in [1.82, 2.24) is 0 Å². The molecule has 0 spiro atoms. The third kappa shape index (κ3) is 2.98. The fourth-order valence-corrected chi connectivity index (χ4v) is 2.09. The molecule has 0 aromatic heterocycles. The molecule has 5 nitrogen and oxygen atoms in total. The van der Waals surface area contributed by atoms with Crippen LogP contribution < -0.4 is 10.6 Å². The van der Waals surface area contributed by atoms with Gasteiger partial charge in [-0.05, 0) is 39.0 Å². The van der Waals surface area contributed by atoms with Gasteiger partial charge in [-0.15, -0.1) is 0 Å². The van der Waals surface area contributed by atoms with Crippen molar-refractivity contribution in [2.75, 3.05) is 11.4 Å². The van der Waals surface area contributed by atoms with Gasteiger partial charge >= 0.3 is 5.97 Å². The van der Waals surface area contributed by atoms with Crippen LogP contribution in [0.4, 0.5) is 5.69 Å². The van der Waals surface area contributed by atoms with Gasteiger partial charge in [0, 0.05) is 11.6 Å². The Kier molecular flexibility index (Phi) is 4.42. The van der Waals surface area contributed by atoms with Gasteiger partial charge in [0.25, 0.3) is 5.91 Å². The second kappa shape index (κ2) is 5.48. The number of anilines is 1. The smallest absolute Gasteiger partial charge is 0.328 e. The van der Waals surface area contributed by atoms with Gasteiger partial charge in [0.15, 0.2) is 0 Å². The van der Waals surface area contributed by atoms with E-state index in [-0.39, 0.29) is 5.56 Å². The van der Waals surface area contributed by atoms with E-state index in [1.807, 2.05) is 0 Å². The number of carboxylic acid groups (broad SMARTS) is 1. The van der Waals surface area contributed by atoms with E-state index >= 15 is 0 Å². The maximum Gasteiger partial charge on any atom is 0.328 e. The molecule has 1 rings (SSSR count).